The fraction of sp³-hybridized carbons (Fsp3) is 0.500. The van der Waals surface area contributed by atoms with Crippen molar-refractivity contribution in [2.24, 2.45) is 0 Å². The molecule has 0 unspecified atom stereocenters. The van der Waals surface area contributed by atoms with Crippen molar-refractivity contribution < 1.29 is 22.4 Å². The Hall–Kier alpha value is -1.67. The fourth-order valence-electron chi connectivity index (χ4n) is 2.80. The van der Waals surface area contributed by atoms with Gasteiger partial charge in [0.25, 0.3) is 0 Å². The van der Waals surface area contributed by atoms with Gasteiger partial charge in [0.2, 0.25) is 11.8 Å². The second kappa shape index (κ2) is 8.14. The van der Waals surface area contributed by atoms with Crippen LogP contribution >= 0.6 is 11.6 Å². The number of hydrogen-bond donors (Lipinski definition) is 1. The van der Waals surface area contributed by atoms with E-state index >= 15 is 0 Å². The second-order valence-electron chi connectivity index (χ2n) is 5.94. The van der Waals surface area contributed by atoms with Gasteiger partial charge in [0.1, 0.15) is 11.6 Å². The number of rotatable bonds is 5. The van der Waals surface area contributed by atoms with Gasteiger partial charge in [0.05, 0.1) is 11.7 Å². The van der Waals surface area contributed by atoms with E-state index in [4.69, 9.17) is 11.6 Å². The van der Waals surface area contributed by atoms with Crippen LogP contribution in [-0.2, 0) is 25.8 Å². The average molecular weight is 391 g/mol. The number of piperidine rings is 1. The van der Waals surface area contributed by atoms with Crippen molar-refractivity contribution in [3.8, 4) is 0 Å². The molecular formula is C16H20ClFN2O4S. The molecule has 0 aliphatic carbocycles. The highest BCUT2D eigenvalue weighted by Gasteiger charge is 2.33. The Morgan fingerprint density at radius 1 is 1.32 bits per heavy atom. The summed E-state index contributed by atoms with van der Waals surface area (Å²) in [5.41, 5.74) is 0.142. The number of benzene rings is 1. The third kappa shape index (κ3) is 4.92. The van der Waals surface area contributed by atoms with Crippen LogP contribution in [0, 0.1) is 5.82 Å². The van der Waals surface area contributed by atoms with Gasteiger partial charge in [-0.25, -0.2) is 12.8 Å². The van der Waals surface area contributed by atoms with Gasteiger partial charge in [0, 0.05) is 30.7 Å². The molecule has 1 aromatic carbocycles. The van der Waals surface area contributed by atoms with E-state index in [2.05, 4.69) is 5.32 Å². The molecular weight excluding hydrogens is 371 g/mol. The van der Waals surface area contributed by atoms with E-state index in [1.54, 1.807) is 0 Å². The van der Waals surface area contributed by atoms with E-state index in [0.29, 0.717) is 0 Å². The minimum absolute atomic E-state index is 0.142. The van der Waals surface area contributed by atoms with Gasteiger partial charge < -0.3 is 10.2 Å². The summed E-state index contributed by atoms with van der Waals surface area (Å²) < 4.78 is 38.1. The average Bonchev–Trinajstić information content (AvgIpc) is 2.57. The van der Waals surface area contributed by atoms with Crippen molar-refractivity contribution in [3.63, 3.8) is 0 Å². The van der Waals surface area contributed by atoms with Crippen LogP contribution in [0.3, 0.4) is 0 Å². The predicted octanol–water partition coefficient (Wildman–Crippen LogP) is 1.17. The molecule has 2 amide bonds. The standard InChI is InChI=1S/C16H20ClFN2O4S/c1-19-15(21)10-25(23,24)11-5-7-20(8-6-11)16(22)9-12-13(17)3-2-4-14(12)18/h2-4,11H,5-10H2,1H3,(H,19,21). The van der Waals surface area contributed by atoms with Crippen LogP contribution in [0.25, 0.3) is 0 Å². The summed E-state index contributed by atoms with van der Waals surface area (Å²) in [4.78, 5) is 25.2. The van der Waals surface area contributed by atoms with Gasteiger partial charge >= 0.3 is 0 Å². The lowest BCUT2D eigenvalue weighted by molar-refractivity contribution is -0.131. The minimum atomic E-state index is -3.55. The smallest absolute Gasteiger partial charge is 0.234 e. The third-order valence-electron chi connectivity index (χ3n) is 4.30. The molecule has 9 heteroatoms. The Morgan fingerprint density at radius 3 is 2.52 bits per heavy atom. The van der Waals surface area contributed by atoms with Crippen LogP contribution < -0.4 is 5.32 Å². The van der Waals surface area contributed by atoms with Crippen LogP contribution in [0.4, 0.5) is 4.39 Å². The van der Waals surface area contributed by atoms with Gasteiger partial charge in [-0.2, -0.15) is 0 Å². The summed E-state index contributed by atoms with van der Waals surface area (Å²) >= 11 is 5.93. The highest BCUT2D eigenvalue weighted by atomic mass is 35.5. The maximum atomic E-state index is 13.8. The number of nitrogens with one attached hydrogen (secondary N) is 1. The molecule has 1 fully saturated rings. The molecule has 1 aliphatic heterocycles. The summed E-state index contributed by atoms with van der Waals surface area (Å²) in [7, 11) is -2.17. The number of hydrogen-bond acceptors (Lipinski definition) is 4. The summed E-state index contributed by atoms with van der Waals surface area (Å²) in [5.74, 6) is -1.93. The van der Waals surface area contributed by atoms with Gasteiger partial charge in [-0.05, 0) is 25.0 Å². The molecule has 1 aliphatic rings. The van der Waals surface area contributed by atoms with Crippen molar-refractivity contribution in [3.05, 3.63) is 34.6 Å². The topological polar surface area (TPSA) is 83.6 Å². The van der Waals surface area contributed by atoms with E-state index in [9.17, 15) is 22.4 Å². The molecule has 1 N–H and O–H groups in total. The molecule has 0 spiro atoms. The molecule has 0 saturated carbocycles. The maximum absolute atomic E-state index is 13.8. The molecule has 1 aromatic rings. The van der Waals surface area contributed by atoms with Crippen molar-refractivity contribution in [2.75, 3.05) is 25.9 Å². The van der Waals surface area contributed by atoms with Crippen molar-refractivity contribution in [1.29, 1.82) is 0 Å². The number of carbonyl (C=O) groups is 2. The SMILES string of the molecule is CNC(=O)CS(=O)(=O)C1CCN(C(=O)Cc2c(F)cccc2Cl)CC1. The van der Waals surface area contributed by atoms with E-state index < -0.39 is 32.6 Å². The van der Waals surface area contributed by atoms with Gasteiger partial charge in [-0.3, -0.25) is 9.59 Å². The van der Waals surface area contributed by atoms with Crippen molar-refractivity contribution in [2.45, 2.75) is 24.5 Å². The van der Waals surface area contributed by atoms with Crippen LogP contribution in [0.5, 0.6) is 0 Å². The first-order valence-electron chi connectivity index (χ1n) is 7.87. The zero-order valence-electron chi connectivity index (χ0n) is 13.8. The number of sulfone groups is 1. The third-order valence-corrected chi connectivity index (χ3v) is 6.81. The molecule has 0 radical (unpaired) electrons. The molecule has 25 heavy (non-hydrogen) atoms. The highest BCUT2D eigenvalue weighted by Crippen LogP contribution is 2.23. The van der Waals surface area contributed by atoms with Gasteiger partial charge in [0.15, 0.2) is 9.84 Å². The lowest BCUT2D eigenvalue weighted by Gasteiger charge is -2.31. The van der Waals surface area contributed by atoms with Gasteiger partial charge in [-0.1, -0.05) is 17.7 Å². The lowest BCUT2D eigenvalue weighted by atomic mass is 10.1. The zero-order chi connectivity index (χ0) is 18.6. The molecule has 0 aromatic heterocycles. The lowest BCUT2D eigenvalue weighted by Crippen LogP contribution is -2.44. The molecule has 6 nitrogen and oxygen atoms in total. The van der Waals surface area contributed by atoms with E-state index in [0.717, 1.165) is 0 Å². The van der Waals surface area contributed by atoms with E-state index in [1.807, 2.05) is 0 Å². The second-order valence-corrected chi connectivity index (χ2v) is 8.63. The quantitative estimate of drug-likeness (QED) is 0.818. The number of halogens is 2. The monoisotopic (exact) mass is 390 g/mol. The maximum Gasteiger partial charge on any atom is 0.234 e. The highest BCUT2D eigenvalue weighted by molar-refractivity contribution is 7.92. The predicted molar refractivity (Wildman–Crippen MR) is 92.6 cm³/mol. The molecule has 138 valence electrons. The molecule has 1 heterocycles. The summed E-state index contributed by atoms with van der Waals surface area (Å²) in [6.45, 7) is 0.505. The Labute approximate surface area is 151 Å². The first kappa shape index (κ1) is 19.7. The van der Waals surface area contributed by atoms with Crippen LogP contribution in [0.1, 0.15) is 18.4 Å². The van der Waals surface area contributed by atoms with Crippen LogP contribution in [-0.4, -0.2) is 56.3 Å². The Kier molecular flexibility index (Phi) is 6.40. The van der Waals surface area contributed by atoms with Crippen LogP contribution in [0.2, 0.25) is 5.02 Å². The number of carbonyl (C=O) groups excluding carboxylic acids is 2. The first-order valence-corrected chi connectivity index (χ1v) is 9.96. The van der Waals surface area contributed by atoms with E-state index in [1.165, 1.54) is 30.1 Å². The number of nitrogens with zero attached hydrogens (tertiary/aromatic N) is 1. The summed E-state index contributed by atoms with van der Waals surface area (Å²) in [5, 5.41) is 1.84. The zero-order valence-corrected chi connectivity index (χ0v) is 15.4. The summed E-state index contributed by atoms with van der Waals surface area (Å²) in [6.07, 6.45) is 0.354. The van der Waals surface area contributed by atoms with Crippen molar-refractivity contribution >= 4 is 33.3 Å². The molecule has 0 bridgehead atoms. The Balaban J connectivity index is 1.96. The Morgan fingerprint density at radius 2 is 1.96 bits per heavy atom. The molecule has 0 atom stereocenters. The van der Waals surface area contributed by atoms with Crippen molar-refractivity contribution in [1.82, 2.24) is 10.2 Å². The van der Waals surface area contributed by atoms with Gasteiger partial charge in [-0.15, -0.1) is 0 Å². The molecule has 1 saturated heterocycles. The number of amides is 2. The van der Waals surface area contributed by atoms with Crippen LogP contribution in [0.15, 0.2) is 18.2 Å². The normalized spacial score (nSPS) is 15.9. The Bertz CT molecular complexity index is 741. The minimum Gasteiger partial charge on any atom is -0.358 e. The number of likely N-dealkylation sites (tertiary alicyclic amines) is 1. The van der Waals surface area contributed by atoms with E-state index in [-0.39, 0.29) is 48.8 Å². The fourth-order valence-corrected chi connectivity index (χ4v) is 4.71. The molecule has 2 rings (SSSR count). The first-order chi connectivity index (χ1) is 11.7. The summed E-state index contributed by atoms with van der Waals surface area (Å²) in [6, 6.07) is 4.23. The largest absolute Gasteiger partial charge is 0.358 e.